The maximum atomic E-state index is 12.8. The normalized spacial score (nSPS) is 13.8. The van der Waals surface area contributed by atoms with Gasteiger partial charge in [0.1, 0.15) is 19.8 Å². The van der Waals surface area contributed by atoms with E-state index in [1.54, 1.807) is 0 Å². The third-order valence-corrected chi connectivity index (χ3v) is 10.1. The fourth-order valence-electron chi connectivity index (χ4n) is 1.97. The highest BCUT2D eigenvalue weighted by atomic mass is 79.9. The molecule has 30 heavy (non-hydrogen) atoms. The van der Waals surface area contributed by atoms with E-state index >= 15 is 0 Å². The van der Waals surface area contributed by atoms with Gasteiger partial charge in [0.05, 0.1) is 31.2 Å². The predicted octanol–water partition coefficient (Wildman–Crippen LogP) is 5.63. The summed E-state index contributed by atoms with van der Waals surface area (Å²) >= 11 is 19.9. The van der Waals surface area contributed by atoms with Crippen LogP contribution in [0.3, 0.4) is 0 Å². The fourth-order valence-corrected chi connectivity index (χ4v) is 2.93. The van der Waals surface area contributed by atoms with Crippen molar-refractivity contribution >= 4 is 113 Å². The second-order valence-corrected chi connectivity index (χ2v) is 11.6. The quantitative estimate of drug-likeness (QED) is 0.155. The van der Waals surface area contributed by atoms with E-state index < -0.39 is 17.9 Å². The molecule has 0 aromatic heterocycles. The van der Waals surface area contributed by atoms with Crippen molar-refractivity contribution in [3.05, 3.63) is 34.9 Å². The van der Waals surface area contributed by atoms with Crippen molar-refractivity contribution in [2.75, 3.05) is 35.8 Å². The minimum atomic E-state index is -0.813. The number of carbonyl (C=O) groups excluding carboxylic acids is 3. The topological polar surface area (TPSA) is 78.9 Å². The Morgan fingerprint density at radius 2 is 1.00 bits per heavy atom. The highest BCUT2D eigenvalue weighted by Gasteiger charge is 2.28. The molecule has 0 fully saturated rings. The summed E-state index contributed by atoms with van der Waals surface area (Å²) in [4.78, 5) is 37.7. The molecule has 3 atom stereocenters. The van der Waals surface area contributed by atoms with Gasteiger partial charge in [0.25, 0.3) is 0 Å². The summed E-state index contributed by atoms with van der Waals surface area (Å²) < 4.78 is 15.8. The number of hydrogen-bond donors (Lipinski definition) is 0. The van der Waals surface area contributed by atoms with E-state index in [-0.39, 0.29) is 51.0 Å². The lowest BCUT2D eigenvalue weighted by Crippen LogP contribution is -2.24. The van der Waals surface area contributed by atoms with Gasteiger partial charge >= 0.3 is 17.9 Å². The Morgan fingerprint density at radius 1 is 0.667 bits per heavy atom. The summed E-state index contributed by atoms with van der Waals surface area (Å²) in [6.45, 7) is 0.204. The lowest BCUT2D eigenvalue weighted by atomic mass is 10.0. The van der Waals surface area contributed by atoms with Crippen molar-refractivity contribution in [3.8, 4) is 0 Å². The summed E-state index contributed by atoms with van der Waals surface area (Å²) in [7, 11) is 0. The first-order chi connectivity index (χ1) is 14.2. The third-order valence-electron chi connectivity index (χ3n) is 3.40. The van der Waals surface area contributed by atoms with Crippen LogP contribution in [-0.2, 0) is 14.2 Å². The second kappa shape index (κ2) is 15.4. The maximum absolute atomic E-state index is 12.8. The molecule has 12 heteroatoms. The Kier molecular flexibility index (Phi) is 14.6. The van der Waals surface area contributed by atoms with Gasteiger partial charge in [-0.05, 0) is 12.1 Å². The average molecular weight is 810 g/mol. The van der Waals surface area contributed by atoms with Gasteiger partial charge in [-0.1, -0.05) is 102 Å². The third kappa shape index (κ3) is 9.56. The summed E-state index contributed by atoms with van der Waals surface area (Å²) in [5.41, 5.74) is -0.314. The van der Waals surface area contributed by atoms with Crippen LogP contribution in [-0.4, -0.2) is 68.2 Å². The van der Waals surface area contributed by atoms with Gasteiger partial charge in [-0.3, -0.25) is 0 Å². The smallest absolute Gasteiger partial charge is 0.339 e. The monoisotopic (exact) mass is 804 g/mol. The van der Waals surface area contributed by atoms with Crippen LogP contribution in [0.2, 0.25) is 0 Å². The van der Waals surface area contributed by atoms with Crippen LogP contribution in [0.4, 0.5) is 0 Å². The Balaban J connectivity index is 3.21. The molecular weight excluding hydrogens is 792 g/mol. The molecule has 0 aliphatic heterocycles. The second-order valence-electron chi connectivity index (χ2n) is 5.78. The van der Waals surface area contributed by atoms with Crippen LogP contribution in [0.15, 0.2) is 18.2 Å². The van der Waals surface area contributed by atoms with E-state index in [0.29, 0.717) is 16.0 Å². The molecule has 1 aromatic carbocycles. The van der Waals surface area contributed by atoms with Crippen LogP contribution in [0.25, 0.3) is 0 Å². The van der Waals surface area contributed by atoms with Crippen molar-refractivity contribution in [1.82, 2.24) is 0 Å². The number of benzene rings is 1. The molecule has 0 radical (unpaired) electrons. The molecule has 0 aliphatic rings. The standard InChI is InChI=1S/C18H18Br6O6/c19-4-10(22)7-28-16(25)13-2-1-3-14(17(26)29-8-11(23)5-20)15(13)18(27)30-9-12(24)6-21/h1-3,10-12H,4-9H2. The molecule has 0 heterocycles. The molecule has 3 unspecified atom stereocenters. The Labute approximate surface area is 225 Å². The predicted molar refractivity (Wildman–Crippen MR) is 137 cm³/mol. The van der Waals surface area contributed by atoms with E-state index in [1.165, 1.54) is 18.2 Å². The fraction of sp³-hybridized carbons (Fsp3) is 0.500. The molecule has 1 aromatic rings. The number of esters is 3. The van der Waals surface area contributed by atoms with Gasteiger partial charge in [-0.25, -0.2) is 14.4 Å². The number of hydrogen-bond acceptors (Lipinski definition) is 6. The molecule has 6 nitrogen and oxygen atoms in total. The summed E-state index contributed by atoms with van der Waals surface area (Å²) in [6.07, 6.45) is 0. The number of carbonyl (C=O) groups is 3. The van der Waals surface area contributed by atoms with Gasteiger partial charge in [0.2, 0.25) is 0 Å². The lowest BCUT2D eigenvalue weighted by molar-refractivity contribution is 0.0446. The Morgan fingerprint density at radius 3 is 1.33 bits per heavy atom. The Bertz CT molecular complexity index is 687. The van der Waals surface area contributed by atoms with Crippen LogP contribution in [0.5, 0.6) is 0 Å². The molecule has 0 aliphatic carbocycles. The van der Waals surface area contributed by atoms with Gasteiger partial charge in [-0.15, -0.1) is 0 Å². The largest absolute Gasteiger partial charge is 0.461 e. The van der Waals surface area contributed by atoms with E-state index in [4.69, 9.17) is 14.2 Å². The minimum Gasteiger partial charge on any atom is -0.461 e. The van der Waals surface area contributed by atoms with Crippen LogP contribution >= 0.6 is 95.6 Å². The first-order valence-corrected chi connectivity index (χ1v) is 14.6. The van der Waals surface area contributed by atoms with Gasteiger partial charge in [0.15, 0.2) is 0 Å². The van der Waals surface area contributed by atoms with Crippen LogP contribution in [0, 0.1) is 0 Å². The molecule has 0 N–H and O–H groups in total. The van der Waals surface area contributed by atoms with Gasteiger partial charge in [0, 0.05) is 16.0 Å². The van der Waals surface area contributed by atoms with Crippen molar-refractivity contribution < 1.29 is 28.6 Å². The van der Waals surface area contributed by atoms with E-state index in [2.05, 4.69) is 95.6 Å². The zero-order valence-electron chi connectivity index (χ0n) is 15.4. The zero-order valence-corrected chi connectivity index (χ0v) is 24.9. The molecule has 0 bridgehead atoms. The van der Waals surface area contributed by atoms with Gasteiger partial charge in [-0.2, -0.15) is 0 Å². The lowest BCUT2D eigenvalue weighted by Gasteiger charge is -2.15. The van der Waals surface area contributed by atoms with E-state index in [9.17, 15) is 14.4 Å². The SMILES string of the molecule is O=C(OCC(Br)CBr)c1cccc(C(=O)OCC(Br)CBr)c1C(=O)OCC(Br)CBr. The van der Waals surface area contributed by atoms with Crippen molar-refractivity contribution in [3.63, 3.8) is 0 Å². The van der Waals surface area contributed by atoms with Gasteiger partial charge < -0.3 is 14.2 Å². The molecule has 0 spiro atoms. The van der Waals surface area contributed by atoms with Crippen LogP contribution in [0.1, 0.15) is 31.1 Å². The molecule has 1 rings (SSSR count). The molecule has 168 valence electrons. The summed E-state index contributed by atoms with van der Waals surface area (Å²) in [6, 6.07) is 4.31. The maximum Gasteiger partial charge on any atom is 0.339 e. The molecular formula is C18H18Br6O6. The van der Waals surface area contributed by atoms with Crippen LogP contribution < -0.4 is 0 Å². The summed E-state index contributed by atoms with van der Waals surface area (Å²) in [5.74, 6) is -2.29. The number of ether oxygens (including phenoxy) is 3. The highest BCUT2D eigenvalue weighted by molar-refractivity contribution is 9.12. The first kappa shape index (κ1) is 28.5. The highest BCUT2D eigenvalue weighted by Crippen LogP contribution is 2.21. The Hall–Kier alpha value is 0.510. The summed E-state index contributed by atoms with van der Waals surface area (Å²) in [5, 5.41) is 1.70. The van der Waals surface area contributed by atoms with Crippen molar-refractivity contribution in [2.24, 2.45) is 0 Å². The number of halogens is 6. The first-order valence-electron chi connectivity index (χ1n) is 8.49. The number of alkyl halides is 6. The molecule has 0 amide bonds. The molecule has 0 saturated heterocycles. The van der Waals surface area contributed by atoms with Crippen molar-refractivity contribution in [1.29, 1.82) is 0 Å². The zero-order chi connectivity index (χ0) is 22.7. The molecule has 0 saturated carbocycles. The van der Waals surface area contributed by atoms with E-state index in [1.807, 2.05) is 0 Å². The van der Waals surface area contributed by atoms with Crippen molar-refractivity contribution in [2.45, 2.75) is 14.5 Å². The minimum absolute atomic E-state index is 0.0437. The van der Waals surface area contributed by atoms with E-state index in [0.717, 1.165) is 0 Å². The average Bonchev–Trinajstić information content (AvgIpc) is 2.77. The number of rotatable bonds is 12.